The Morgan fingerprint density at radius 2 is 1.67 bits per heavy atom. The molecule has 1 unspecified atom stereocenters. The number of nitrogens with zero attached hydrogens (tertiary/aromatic N) is 3. The second-order valence-electron chi connectivity index (χ2n) is 10.7. The average Bonchev–Trinajstić information content (AvgIpc) is 3.30. The van der Waals surface area contributed by atoms with Crippen LogP contribution in [0.5, 0.6) is 0 Å². The van der Waals surface area contributed by atoms with Crippen LogP contribution in [0.3, 0.4) is 0 Å². The number of benzene rings is 3. The fourth-order valence-corrected chi connectivity index (χ4v) is 4.75. The van der Waals surface area contributed by atoms with Crippen molar-refractivity contribution in [1.82, 2.24) is 19.8 Å². The fraction of sp³-hybridized carbons (Fsp3) is 0.323. The van der Waals surface area contributed by atoms with E-state index in [1.54, 1.807) is 16.0 Å². The highest BCUT2D eigenvalue weighted by atomic mass is 16.6. The highest BCUT2D eigenvalue weighted by molar-refractivity contribution is 5.86. The van der Waals surface area contributed by atoms with Crippen LogP contribution in [-0.4, -0.2) is 57.2 Å². The van der Waals surface area contributed by atoms with E-state index >= 15 is 0 Å². The van der Waals surface area contributed by atoms with Gasteiger partial charge in [-0.05, 0) is 49.6 Å². The van der Waals surface area contributed by atoms with Crippen LogP contribution in [0, 0.1) is 0 Å². The molecule has 2 heterocycles. The zero-order chi connectivity index (χ0) is 27.4. The van der Waals surface area contributed by atoms with Crippen LogP contribution in [0.4, 0.5) is 9.59 Å². The number of carbonyl (C=O) groups is 2. The number of rotatable bonds is 4. The van der Waals surface area contributed by atoms with Gasteiger partial charge in [-0.1, -0.05) is 66.7 Å². The lowest BCUT2D eigenvalue weighted by Crippen LogP contribution is -2.40. The molecule has 0 bridgehead atoms. The van der Waals surface area contributed by atoms with E-state index in [4.69, 9.17) is 9.47 Å². The van der Waals surface area contributed by atoms with Gasteiger partial charge in [0.1, 0.15) is 18.0 Å². The van der Waals surface area contributed by atoms with Crippen molar-refractivity contribution < 1.29 is 19.1 Å². The predicted molar refractivity (Wildman–Crippen MR) is 150 cm³/mol. The van der Waals surface area contributed by atoms with Crippen molar-refractivity contribution in [3.8, 4) is 11.3 Å². The second-order valence-corrected chi connectivity index (χ2v) is 10.7. The quantitative estimate of drug-likeness (QED) is 0.326. The number of amides is 2. The second kappa shape index (κ2) is 11.2. The number of ether oxygens (including phenoxy) is 2. The summed E-state index contributed by atoms with van der Waals surface area (Å²) in [5.41, 5.74) is 2.17. The number of H-pyrrole nitrogens is 1. The highest BCUT2D eigenvalue weighted by Crippen LogP contribution is 2.30. The Hall–Kier alpha value is -4.33. The molecule has 1 fully saturated rings. The summed E-state index contributed by atoms with van der Waals surface area (Å²) in [5.74, 6) is 0.654. The van der Waals surface area contributed by atoms with E-state index in [9.17, 15) is 9.59 Å². The minimum Gasteiger partial charge on any atom is -0.445 e. The maximum absolute atomic E-state index is 13.4. The van der Waals surface area contributed by atoms with Crippen molar-refractivity contribution in [2.45, 2.75) is 45.4 Å². The van der Waals surface area contributed by atoms with Crippen LogP contribution in [0.15, 0.2) is 79.0 Å². The van der Waals surface area contributed by atoms with Crippen molar-refractivity contribution in [3.05, 3.63) is 90.4 Å². The lowest BCUT2D eigenvalue weighted by atomic mass is 10.1. The van der Waals surface area contributed by atoms with Crippen LogP contribution in [0.2, 0.25) is 0 Å². The van der Waals surface area contributed by atoms with Gasteiger partial charge in [0.05, 0.1) is 17.9 Å². The van der Waals surface area contributed by atoms with Gasteiger partial charge in [-0.15, -0.1) is 0 Å². The molecule has 8 nitrogen and oxygen atoms in total. The Morgan fingerprint density at radius 3 is 2.44 bits per heavy atom. The molecule has 0 spiro atoms. The first-order valence-corrected chi connectivity index (χ1v) is 13.3. The fourth-order valence-electron chi connectivity index (χ4n) is 4.75. The average molecular weight is 527 g/mol. The monoisotopic (exact) mass is 526 g/mol. The van der Waals surface area contributed by atoms with Crippen molar-refractivity contribution >= 4 is 23.0 Å². The first-order chi connectivity index (χ1) is 18.8. The number of hydrogen-bond donors (Lipinski definition) is 1. The largest absolute Gasteiger partial charge is 0.445 e. The van der Waals surface area contributed by atoms with Crippen molar-refractivity contribution in [3.63, 3.8) is 0 Å². The van der Waals surface area contributed by atoms with Gasteiger partial charge >= 0.3 is 12.2 Å². The van der Waals surface area contributed by atoms with Crippen LogP contribution in [-0.2, 0) is 16.1 Å². The maximum Gasteiger partial charge on any atom is 0.410 e. The Morgan fingerprint density at radius 1 is 0.923 bits per heavy atom. The Labute approximate surface area is 228 Å². The molecule has 1 N–H and O–H groups in total. The number of carbonyl (C=O) groups excluding carboxylic acids is 2. The summed E-state index contributed by atoms with van der Waals surface area (Å²) in [5, 5.41) is 2.30. The number of nitrogens with one attached hydrogen (secondary N) is 1. The molecule has 8 heteroatoms. The van der Waals surface area contributed by atoms with Crippen LogP contribution in [0.1, 0.15) is 44.6 Å². The summed E-state index contributed by atoms with van der Waals surface area (Å²) in [7, 11) is 0. The Bertz CT molecular complexity index is 1440. The SMILES string of the molecule is CC(C)(C)OC(=O)N1CCC(c2ncc(-c3ccc4ccccc4c3)[nH]2)N(C(=O)OCc2ccccc2)CC1. The molecule has 202 valence electrons. The summed E-state index contributed by atoms with van der Waals surface area (Å²) < 4.78 is 11.3. The Balaban J connectivity index is 1.39. The molecular formula is C31H34N4O4. The molecular weight excluding hydrogens is 492 g/mol. The van der Waals surface area contributed by atoms with Gasteiger partial charge < -0.3 is 19.4 Å². The molecule has 4 aromatic rings. The molecule has 1 aliphatic heterocycles. The van der Waals surface area contributed by atoms with Gasteiger partial charge in [0.15, 0.2) is 0 Å². The third-order valence-corrected chi connectivity index (χ3v) is 6.72. The van der Waals surface area contributed by atoms with Gasteiger partial charge in [-0.25, -0.2) is 14.6 Å². The molecule has 39 heavy (non-hydrogen) atoms. The zero-order valence-corrected chi connectivity index (χ0v) is 22.6. The molecule has 0 aliphatic carbocycles. The van der Waals surface area contributed by atoms with E-state index in [-0.39, 0.29) is 6.61 Å². The first-order valence-electron chi connectivity index (χ1n) is 13.3. The van der Waals surface area contributed by atoms with Crippen molar-refractivity contribution in [2.75, 3.05) is 19.6 Å². The number of aromatic nitrogens is 2. The number of aromatic amines is 1. The molecule has 2 amide bonds. The van der Waals surface area contributed by atoms with Gasteiger partial charge in [0.25, 0.3) is 0 Å². The van der Waals surface area contributed by atoms with E-state index < -0.39 is 23.8 Å². The van der Waals surface area contributed by atoms with Gasteiger partial charge in [-0.3, -0.25) is 4.90 Å². The van der Waals surface area contributed by atoms with Crippen molar-refractivity contribution in [1.29, 1.82) is 0 Å². The smallest absolute Gasteiger partial charge is 0.410 e. The predicted octanol–water partition coefficient (Wildman–Crippen LogP) is 6.55. The van der Waals surface area contributed by atoms with E-state index in [1.165, 1.54) is 5.39 Å². The molecule has 1 aliphatic rings. The van der Waals surface area contributed by atoms with Crippen molar-refractivity contribution in [2.24, 2.45) is 0 Å². The van der Waals surface area contributed by atoms with Gasteiger partial charge in [0, 0.05) is 25.2 Å². The van der Waals surface area contributed by atoms with Crippen LogP contribution >= 0.6 is 0 Å². The topological polar surface area (TPSA) is 87.8 Å². The maximum atomic E-state index is 13.4. The normalized spacial score (nSPS) is 16.1. The highest BCUT2D eigenvalue weighted by Gasteiger charge is 2.34. The summed E-state index contributed by atoms with van der Waals surface area (Å²) in [6, 6.07) is 23.7. The number of hydrogen-bond acceptors (Lipinski definition) is 5. The van der Waals surface area contributed by atoms with Crippen LogP contribution in [0.25, 0.3) is 22.0 Å². The number of fused-ring (bicyclic) bond motifs is 1. The minimum absolute atomic E-state index is 0.166. The molecule has 1 saturated heterocycles. The van der Waals surface area contributed by atoms with E-state index in [1.807, 2.05) is 63.2 Å². The molecule has 5 rings (SSSR count). The van der Waals surface area contributed by atoms with Gasteiger partial charge in [-0.2, -0.15) is 0 Å². The first kappa shape index (κ1) is 26.3. The van der Waals surface area contributed by atoms with E-state index in [2.05, 4.69) is 40.3 Å². The lowest BCUT2D eigenvalue weighted by molar-refractivity contribution is 0.0255. The van der Waals surface area contributed by atoms with E-state index in [0.717, 1.165) is 22.2 Å². The lowest BCUT2D eigenvalue weighted by Gasteiger charge is -2.27. The van der Waals surface area contributed by atoms with Gasteiger partial charge in [0.2, 0.25) is 0 Å². The van der Waals surface area contributed by atoms with Crippen LogP contribution < -0.4 is 0 Å². The zero-order valence-electron chi connectivity index (χ0n) is 22.6. The molecule has 0 saturated carbocycles. The minimum atomic E-state index is -0.604. The molecule has 3 aromatic carbocycles. The third kappa shape index (κ3) is 6.39. The molecule has 0 radical (unpaired) electrons. The summed E-state index contributed by atoms with van der Waals surface area (Å²) in [6.45, 7) is 6.75. The standard InChI is InChI=1S/C31H34N4O4/c1-31(2,3)39-29(36)34-16-15-27(35(18-17-34)30(37)38-21-22-9-5-4-6-10-22)28-32-20-26(33-28)25-14-13-23-11-7-8-12-24(23)19-25/h4-14,19-20,27H,15-18,21H2,1-3H3,(H,32,33). The summed E-state index contributed by atoms with van der Waals surface area (Å²) >= 11 is 0. The Kier molecular flexibility index (Phi) is 7.54. The third-order valence-electron chi connectivity index (χ3n) is 6.72. The molecule has 1 aromatic heterocycles. The summed E-state index contributed by atoms with van der Waals surface area (Å²) in [6.07, 6.45) is 1.45. The number of imidazole rings is 1. The summed E-state index contributed by atoms with van der Waals surface area (Å²) in [4.78, 5) is 37.6. The van der Waals surface area contributed by atoms with E-state index in [0.29, 0.717) is 31.9 Å². The molecule has 1 atom stereocenters.